The van der Waals surface area contributed by atoms with Crippen molar-refractivity contribution in [3.63, 3.8) is 0 Å². The summed E-state index contributed by atoms with van der Waals surface area (Å²) >= 11 is 6.23. The molecule has 4 rings (SSSR count). The molecule has 118 valence electrons. The molecule has 0 saturated carbocycles. The average molecular weight is 337 g/mol. The Morgan fingerprint density at radius 1 is 1.08 bits per heavy atom. The molecular weight excluding hydrogens is 324 g/mol. The number of aromatic amines is 1. The van der Waals surface area contributed by atoms with Gasteiger partial charge in [0, 0.05) is 12.6 Å². The van der Waals surface area contributed by atoms with Gasteiger partial charge in [-0.05, 0) is 17.7 Å². The molecule has 0 aliphatic heterocycles. The van der Waals surface area contributed by atoms with Gasteiger partial charge in [-0.2, -0.15) is 5.10 Å². The number of fused-ring (bicyclic) bond motifs is 1. The van der Waals surface area contributed by atoms with E-state index in [-0.39, 0.29) is 5.56 Å². The summed E-state index contributed by atoms with van der Waals surface area (Å²) in [5.41, 5.74) is 2.11. The van der Waals surface area contributed by atoms with Crippen LogP contribution in [-0.2, 0) is 6.42 Å². The quantitative estimate of drug-likeness (QED) is 0.624. The summed E-state index contributed by atoms with van der Waals surface area (Å²) in [6.07, 6.45) is 3.80. The lowest BCUT2D eigenvalue weighted by molar-refractivity contribution is 0.851. The van der Waals surface area contributed by atoms with Crippen LogP contribution in [0.5, 0.6) is 0 Å². The molecule has 4 aromatic rings. The van der Waals surface area contributed by atoms with Gasteiger partial charge in [0.2, 0.25) is 0 Å². The Morgan fingerprint density at radius 3 is 2.67 bits per heavy atom. The fourth-order valence-corrected chi connectivity index (χ4v) is 3.02. The van der Waals surface area contributed by atoms with Gasteiger partial charge in [0.15, 0.2) is 0 Å². The Hall–Kier alpha value is -2.92. The predicted octanol–water partition coefficient (Wildman–Crippen LogP) is 3.35. The van der Waals surface area contributed by atoms with E-state index in [0.29, 0.717) is 33.9 Å². The molecule has 0 aliphatic carbocycles. The van der Waals surface area contributed by atoms with E-state index in [1.165, 1.54) is 0 Å². The maximum Gasteiger partial charge on any atom is 0.267 e. The molecule has 0 unspecified atom stereocenters. The summed E-state index contributed by atoms with van der Waals surface area (Å²) in [6.45, 7) is 0. The molecule has 2 aromatic heterocycles. The lowest BCUT2D eigenvalue weighted by Gasteiger charge is -2.12. The molecule has 2 aromatic carbocycles. The summed E-state index contributed by atoms with van der Waals surface area (Å²) < 4.78 is 1.56. The van der Waals surface area contributed by atoms with Crippen LogP contribution >= 0.6 is 11.6 Å². The lowest BCUT2D eigenvalue weighted by atomic mass is 10.1. The number of benzene rings is 2. The van der Waals surface area contributed by atoms with Crippen LogP contribution in [0.25, 0.3) is 16.6 Å². The summed E-state index contributed by atoms with van der Waals surface area (Å²) in [5.74, 6) is 0.641. The molecular formula is C18H13ClN4O. The molecule has 2 heterocycles. The zero-order valence-corrected chi connectivity index (χ0v) is 13.4. The minimum atomic E-state index is -0.196. The molecule has 0 saturated heterocycles. The Kier molecular flexibility index (Phi) is 3.63. The van der Waals surface area contributed by atoms with Gasteiger partial charge in [-0.3, -0.25) is 14.5 Å². The van der Waals surface area contributed by atoms with Gasteiger partial charge in [0.25, 0.3) is 5.56 Å². The van der Waals surface area contributed by atoms with Crippen LogP contribution in [0.15, 0.2) is 65.7 Å². The van der Waals surface area contributed by atoms with Crippen LogP contribution in [0.1, 0.15) is 11.4 Å². The first kappa shape index (κ1) is 14.7. The largest absolute Gasteiger partial charge is 0.284 e. The van der Waals surface area contributed by atoms with E-state index in [1.54, 1.807) is 35.2 Å². The van der Waals surface area contributed by atoms with Gasteiger partial charge >= 0.3 is 0 Å². The van der Waals surface area contributed by atoms with Crippen molar-refractivity contribution in [2.75, 3.05) is 0 Å². The lowest BCUT2D eigenvalue weighted by Crippen LogP contribution is -2.24. The Morgan fingerprint density at radius 2 is 1.92 bits per heavy atom. The highest BCUT2D eigenvalue weighted by Crippen LogP contribution is 2.21. The number of nitrogens with one attached hydrogen (secondary N) is 1. The van der Waals surface area contributed by atoms with Crippen LogP contribution in [0.4, 0.5) is 0 Å². The molecule has 24 heavy (non-hydrogen) atoms. The number of nitrogens with zero attached hydrogens (tertiary/aromatic N) is 3. The van der Waals surface area contributed by atoms with Crippen molar-refractivity contribution < 1.29 is 0 Å². The van der Waals surface area contributed by atoms with Crippen LogP contribution < -0.4 is 5.56 Å². The van der Waals surface area contributed by atoms with Crippen LogP contribution in [-0.4, -0.2) is 19.7 Å². The molecule has 0 aliphatic rings. The molecule has 6 heteroatoms. The van der Waals surface area contributed by atoms with Crippen molar-refractivity contribution in [2.45, 2.75) is 6.42 Å². The van der Waals surface area contributed by atoms with E-state index in [4.69, 9.17) is 11.6 Å². The first-order chi connectivity index (χ1) is 11.7. The van der Waals surface area contributed by atoms with E-state index >= 15 is 0 Å². The Balaban J connectivity index is 2.01. The van der Waals surface area contributed by atoms with Crippen molar-refractivity contribution in [2.24, 2.45) is 0 Å². The Bertz CT molecular complexity index is 1060. The highest BCUT2D eigenvalue weighted by Gasteiger charge is 2.15. The second-order valence-corrected chi connectivity index (χ2v) is 5.83. The van der Waals surface area contributed by atoms with Crippen LogP contribution in [0, 0.1) is 0 Å². The van der Waals surface area contributed by atoms with Crippen molar-refractivity contribution in [3.8, 4) is 5.69 Å². The normalized spacial score (nSPS) is 11.0. The fraction of sp³-hybridized carbons (Fsp3) is 0.0556. The molecule has 5 nitrogen and oxygen atoms in total. The maximum atomic E-state index is 13.1. The third-order valence-electron chi connectivity index (χ3n) is 3.86. The summed E-state index contributed by atoms with van der Waals surface area (Å²) in [6, 6.07) is 15.2. The number of halogens is 1. The first-order valence-corrected chi connectivity index (χ1v) is 7.85. The summed E-state index contributed by atoms with van der Waals surface area (Å²) in [4.78, 5) is 17.7. The van der Waals surface area contributed by atoms with E-state index in [0.717, 1.165) is 5.56 Å². The molecule has 0 atom stereocenters. The molecule has 1 N–H and O–H groups in total. The minimum absolute atomic E-state index is 0.196. The van der Waals surface area contributed by atoms with Crippen molar-refractivity contribution in [3.05, 3.63) is 87.7 Å². The zero-order chi connectivity index (χ0) is 16.5. The van der Waals surface area contributed by atoms with Gasteiger partial charge in [-0.25, -0.2) is 4.98 Å². The SMILES string of the molecule is O=c1c2c(Cl)cccc2nc(Cc2ccccc2)n1-c1cn[nH]c1. The van der Waals surface area contributed by atoms with Crippen molar-refractivity contribution >= 4 is 22.5 Å². The zero-order valence-electron chi connectivity index (χ0n) is 12.6. The minimum Gasteiger partial charge on any atom is -0.284 e. The predicted molar refractivity (Wildman–Crippen MR) is 93.7 cm³/mol. The van der Waals surface area contributed by atoms with E-state index in [2.05, 4.69) is 15.2 Å². The van der Waals surface area contributed by atoms with E-state index in [9.17, 15) is 4.79 Å². The highest BCUT2D eigenvalue weighted by atomic mass is 35.5. The number of H-pyrrole nitrogens is 1. The number of hydrogen-bond acceptors (Lipinski definition) is 3. The Labute approximate surface area is 142 Å². The molecule has 0 spiro atoms. The number of hydrogen-bond donors (Lipinski definition) is 1. The monoisotopic (exact) mass is 336 g/mol. The van der Waals surface area contributed by atoms with Gasteiger partial charge in [0.05, 0.1) is 27.8 Å². The molecule has 0 radical (unpaired) electrons. The molecule has 0 amide bonds. The number of rotatable bonds is 3. The summed E-state index contributed by atoms with van der Waals surface area (Å²) in [7, 11) is 0. The van der Waals surface area contributed by atoms with Gasteiger partial charge < -0.3 is 0 Å². The van der Waals surface area contributed by atoms with E-state index < -0.39 is 0 Å². The van der Waals surface area contributed by atoms with Gasteiger partial charge in [-0.15, -0.1) is 0 Å². The summed E-state index contributed by atoms with van der Waals surface area (Å²) in [5, 5.41) is 7.49. The van der Waals surface area contributed by atoms with Crippen LogP contribution in [0.2, 0.25) is 5.02 Å². The molecule has 0 bridgehead atoms. The topological polar surface area (TPSA) is 63.6 Å². The second-order valence-electron chi connectivity index (χ2n) is 5.42. The van der Waals surface area contributed by atoms with Crippen LogP contribution in [0.3, 0.4) is 0 Å². The standard InChI is InChI=1S/C18H13ClN4O/c19-14-7-4-8-15-17(14)18(24)23(13-10-20-21-11-13)16(22-15)9-12-5-2-1-3-6-12/h1-8,10-11H,9H2,(H,20,21). The number of aromatic nitrogens is 4. The smallest absolute Gasteiger partial charge is 0.267 e. The maximum absolute atomic E-state index is 13.1. The fourth-order valence-electron chi connectivity index (χ4n) is 2.77. The second kappa shape index (κ2) is 5.94. The highest BCUT2D eigenvalue weighted by molar-refractivity contribution is 6.35. The van der Waals surface area contributed by atoms with Crippen molar-refractivity contribution in [1.29, 1.82) is 0 Å². The van der Waals surface area contributed by atoms with Gasteiger partial charge in [0.1, 0.15) is 5.82 Å². The average Bonchev–Trinajstić information content (AvgIpc) is 3.10. The third kappa shape index (κ3) is 2.49. The molecule has 0 fully saturated rings. The van der Waals surface area contributed by atoms with Gasteiger partial charge in [-0.1, -0.05) is 48.0 Å². The van der Waals surface area contributed by atoms with E-state index in [1.807, 2.05) is 30.3 Å². The third-order valence-corrected chi connectivity index (χ3v) is 4.18. The van der Waals surface area contributed by atoms with Crippen molar-refractivity contribution in [1.82, 2.24) is 19.7 Å². The first-order valence-electron chi connectivity index (χ1n) is 7.47.